The minimum absolute atomic E-state index is 0. The van der Waals surface area contributed by atoms with Gasteiger partial charge in [-0.25, -0.2) is 0 Å². The Kier molecular flexibility index (Phi) is 5.99. The van der Waals surface area contributed by atoms with E-state index in [1.54, 1.807) is 32.3 Å². The Balaban J connectivity index is 0.00000220. The lowest BCUT2D eigenvalue weighted by Crippen LogP contribution is -2.35. The fourth-order valence-corrected chi connectivity index (χ4v) is 2.01. The molecule has 1 aromatic carbocycles. The fraction of sp³-hybridized carbons (Fsp3) is 0.429. The predicted octanol–water partition coefficient (Wildman–Crippen LogP) is 1.26. The highest BCUT2D eigenvalue weighted by molar-refractivity contribution is 5.99. The zero-order valence-corrected chi connectivity index (χ0v) is 13.1. The highest BCUT2D eigenvalue weighted by Gasteiger charge is 2.22. The average Bonchev–Trinajstić information content (AvgIpc) is 2.43. The minimum Gasteiger partial charge on any atom is -0.482 e. The maximum Gasteiger partial charge on any atom is 0.264 e. The van der Waals surface area contributed by atoms with E-state index in [1.807, 2.05) is 6.92 Å². The molecule has 2 N–H and O–H groups in total. The van der Waals surface area contributed by atoms with Crippen LogP contribution in [-0.2, 0) is 9.59 Å². The quantitative estimate of drug-likeness (QED) is 0.878. The van der Waals surface area contributed by atoms with Crippen molar-refractivity contribution in [3.63, 3.8) is 0 Å². The van der Waals surface area contributed by atoms with Crippen LogP contribution in [0.5, 0.6) is 5.75 Å². The standard InChI is InChI=1S/C14H19N3O3.ClH/c1-9(7-15-2)14(19)16-10-4-5-12-11(6-10)17(3)13(18)8-20-12;/h4-6,9,15H,7-8H2,1-3H3,(H,16,19);1H. The van der Waals surface area contributed by atoms with Gasteiger partial charge in [-0.3, -0.25) is 9.59 Å². The third-order valence-electron chi connectivity index (χ3n) is 3.27. The predicted molar refractivity (Wildman–Crippen MR) is 84.3 cm³/mol. The van der Waals surface area contributed by atoms with Crippen LogP contribution in [0, 0.1) is 5.92 Å². The molecule has 1 heterocycles. The number of carbonyl (C=O) groups is 2. The number of anilines is 2. The van der Waals surface area contributed by atoms with E-state index < -0.39 is 0 Å². The molecule has 1 unspecified atom stereocenters. The molecule has 1 aliphatic heterocycles. The number of hydrogen-bond acceptors (Lipinski definition) is 4. The number of rotatable bonds is 4. The lowest BCUT2D eigenvalue weighted by molar-refractivity contribution is -0.121. The summed E-state index contributed by atoms with van der Waals surface area (Å²) in [6.45, 7) is 2.51. The van der Waals surface area contributed by atoms with Crippen molar-refractivity contribution in [3.05, 3.63) is 18.2 Å². The number of halogens is 1. The lowest BCUT2D eigenvalue weighted by Gasteiger charge is -2.26. The SMILES string of the molecule is CNCC(C)C(=O)Nc1ccc2c(c1)N(C)C(=O)CO2.Cl. The molecule has 0 bridgehead atoms. The normalized spacial score (nSPS) is 14.6. The molecule has 0 aliphatic carbocycles. The highest BCUT2D eigenvalue weighted by Crippen LogP contribution is 2.33. The van der Waals surface area contributed by atoms with E-state index in [0.29, 0.717) is 23.7 Å². The number of nitrogens with one attached hydrogen (secondary N) is 2. The van der Waals surface area contributed by atoms with Crippen molar-refractivity contribution < 1.29 is 14.3 Å². The number of ether oxygens (including phenoxy) is 1. The van der Waals surface area contributed by atoms with Crippen molar-refractivity contribution in [2.75, 3.05) is 37.5 Å². The molecule has 0 aromatic heterocycles. The van der Waals surface area contributed by atoms with Crippen molar-refractivity contribution in [1.29, 1.82) is 0 Å². The lowest BCUT2D eigenvalue weighted by atomic mass is 10.1. The number of nitrogens with zero attached hydrogens (tertiary/aromatic N) is 1. The monoisotopic (exact) mass is 313 g/mol. The maximum absolute atomic E-state index is 12.0. The van der Waals surface area contributed by atoms with Gasteiger partial charge < -0.3 is 20.3 Å². The van der Waals surface area contributed by atoms with E-state index in [1.165, 1.54) is 4.90 Å². The first kappa shape index (κ1) is 17.3. The molecule has 2 amide bonds. The van der Waals surface area contributed by atoms with Crippen LogP contribution in [0.4, 0.5) is 11.4 Å². The summed E-state index contributed by atoms with van der Waals surface area (Å²) >= 11 is 0. The van der Waals surface area contributed by atoms with Gasteiger partial charge in [0.2, 0.25) is 5.91 Å². The van der Waals surface area contributed by atoms with Crippen LogP contribution >= 0.6 is 12.4 Å². The topological polar surface area (TPSA) is 70.7 Å². The number of amides is 2. The number of hydrogen-bond donors (Lipinski definition) is 2. The second-order valence-electron chi connectivity index (χ2n) is 4.87. The van der Waals surface area contributed by atoms with Gasteiger partial charge in [-0.1, -0.05) is 6.92 Å². The number of fused-ring (bicyclic) bond motifs is 1. The Labute approximate surface area is 130 Å². The molecule has 1 aliphatic rings. The van der Waals surface area contributed by atoms with E-state index in [9.17, 15) is 9.59 Å². The summed E-state index contributed by atoms with van der Waals surface area (Å²) < 4.78 is 5.34. The highest BCUT2D eigenvalue weighted by atomic mass is 35.5. The second kappa shape index (κ2) is 7.28. The summed E-state index contributed by atoms with van der Waals surface area (Å²) in [6.07, 6.45) is 0. The third kappa shape index (κ3) is 3.86. The van der Waals surface area contributed by atoms with Crippen LogP contribution in [0.3, 0.4) is 0 Å². The Morgan fingerprint density at radius 2 is 2.19 bits per heavy atom. The number of benzene rings is 1. The zero-order chi connectivity index (χ0) is 14.7. The molecule has 116 valence electrons. The van der Waals surface area contributed by atoms with Crippen molar-refractivity contribution in [2.24, 2.45) is 5.92 Å². The van der Waals surface area contributed by atoms with Gasteiger partial charge in [-0.2, -0.15) is 0 Å². The van der Waals surface area contributed by atoms with Gasteiger partial charge in [0.25, 0.3) is 5.91 Å². The largest absolute Gasteiger partial charge is 0.482 e. The first-order valence-electron chi connectivity index (χ1n) is 6.51. The summed E-state index contributed by atoms with van der Waals surface area (Å²) in [6, 6.07) is 5.28. The van der Waals surface area contributed by atoms with Gasteiger partial charge in [0.05, 0.1) is 5.69 Å². The Hall–Kier alpha value is -1.79. The van der Waals surface area contributed by atoms with E-state index in [2.05, 4.69) is 10.6 Å². The smallest absolute Gasteiger partial charge is 0.264 e. The second-order valence-corrected chi connectivity index (χ2v) is 4.87. The molecule has 0 fully saturated rings. The average molecular weight is 314 g/mol. The molecular weight excluding hydrogens is 294 g/mol. The number of carbonyl (C=O) groups excluding carboxylic acids is 2. The van der Waals surface area contributed by atoms with Gasteiger partial charge >= 0.3 is 0 Å². The van der Waals surface area contributed by atoms with Crippen LogP contribution in [0.2, 0.25) is 0 Å². The first-order chi connectivity index (χ1) is 9.52. The molecule has 0 saturated heterocycles. The Morgan fingerprint density at radius 3 is 2.86 bits per heavy atom. The Morgan fingerprint density at radius 1 is 1.48 bits per heavy atom. The van der Waals surface area contributed by atoms with E-state index >= 15 is 0 Å². The minimum atomic E-state index is -0.133. The van der Waals surface area contributed by atoms with Crippen LogP contribution in [0.25, 0.3) is 0 Å². The van der Waals surface area contributed by atoms with Crippen LogP contribution in [-0.4, -0.2) is 39.1 Å². The summed E-state index contributed by atoms with van der Waals surface area (Å²) in [5.41, 5.74) is 1.32. The molecule has 0 spiro atoms. The molecule has 0 radical (unpaired) electrons. The molecule has 0 saturated carbocycles. The molecule has 2 rings (SSSR count). The fourth-order valence-electron chi connectivity index (χ4n) is 2.01. The van der Waals surface area contributed by atoms with Crippen molar-refractivity contribution in [2.45, 2.75) is 6.92 Å². The van der Waals surface area contributed by atoms with Crippen molar-refractivity contribution in [3.8, 4) is 5.75 Å². The van der Waals surface area contributed by atoms with Gasteiger partial charge in [0.1, 0.15) is 5.75 Å². The van der Waals surface area contributed by atoms with Crippen LogP contribution in [0.1, 0.15) is 6.92 Å². The Bertz CT molecular complexity index is 536. The zero-order valence-electron chi connectivity index (χ0n) is 12.3. The van der Waals surface area contributed by atoms with E-state index in [-0.39, 0.29) is 36.7 Å². The van der Waals surface area contributed by atoms with Crippen molar-refractivity contribution >= 4 is 35.6 Å². The summed E-state index contributed by atoms with van der Waals surface area (Å²) in [5, 5.41) is 5.80. The molecule has 1 atom stereocenters. The first-order valence-corrected chi connectivity index (χ1v) is 6.51. The third-order valence-corrected chi connectivity index (χ3v) is 3.27. The van der Waals surface area contributed by atoms with Gasteiger partial charge in [-0.05, 0) is 25.2 Å². The summed E-state index contributed by atoms with van der Waals surface area (Å²) in [4.78, 5) is 25.1. The van der Waals surface area contributed by atoms with Gasteiger partial charge in [-0.15, -0.1) is 12.4 Å². The van der Waals surface area contributed by atoms with E-state index in [4.69, 9.17) is 4.74 Å². The van der Waals surface area contributed by atoms with Crippen LogP contribution in [0.15, 0.2) is 18.2 Å². The van der Waals surface area contributed by atoms with E-state index in [0.717, 1.165) is 0 Å². The number of likely N-dealkylation sites (N-methyl/N-ethyl adjacent to an activating group) is 1. The van der Waals surface area contributed by atoms with Gasteiger partial charge in [0, 0.05) is 25.2 Å². The van der Waals surface area contributed by atoms with Crippen molar-refractivity contribution in [1.82, 2.24) is 5.32 Å². The molecule has 6 nitrogen and oxygen atoms in total. The summed E-state index contributed by atoms with van der Waals surface area (Å²) in [7, 11) is 3.50. The van der Waals surface area contributed by atoms with Crippen LogP contribution < -0.4 is 20.3 Å². The summed E-state index contributed by atoms with van der Waals surface area (Å²) in [5.74, 6) is 0.342. The molecule has 21 heavy (non-hydrogen) atoms. The van der Waals surface area contributed by atoms with Gasteiger partial charge in [0.15, 0.2) is 6.61 Å². The molecular formula is C14H20ClN3O3. The maximum atomic E-state index is 12.0. The molecule has 1 aromatic rings. The molecule has 7 heteroatoms.